The molecule has 1 aliphatic rings. The van der Waals surface area contributed by atoms with Crippen molar-refractivity contribution in [3.05, 3.63) is 34.4 Å². The summed E-state index contributed by atoms with van der Waals surface area (Å²) in [4.78, 5) is 12.5. The van der Waals surface area contributed by atoms with Gasteiger partial charge in [-0.15, -0.1) is 0 Å². The van der Waals surface area contributed by atoms with Gasteiger partial charge in [-0.1, -0.05) is 12.1 Å². The summed E-state index contributed by atoms with van der Waals surface area (Å²) in [7, 11) is 0. The highest BCUT2D eigenvalue weighted by molar-refractivity contribution is 5.45. The lowest BCUT2D eigenvalue weighted by atomic mass is 10.2. The molecular weight excluding hydrogens is 288 g/mol. The van der Waals surface area contributed by atoms with E-state index in [-0.39, 0.29) is 30.3 Å². The average Bonchev–Trinajstić information content (AvgIpc) is 2.44. The Morgan fingerprint density at radius 3 is 2.68 bits per heavy atom. The third kappa shape index (κ3) is 4.66. The van der Waals surface area contributed by atoms with E-state index in [1.165, 1.54) is 12.1 Å². The maximum Gasteiger partial charge on any atom is 0.310 e. The molecule has 0 spiro atoms. The van der Waals surface area contributed by atoms with Gasteiger partial charge in [0.2, 0.25) is 0 Å². The summed E-state index contributed by atoms with van der Waals surface area (Å²) in [6.45, 7) is 5.99. The Morgan fingerprint density at radius 2 is 2.05 bits per heavy atom. The van der Waals surface area contributed by atoms with Gasteiger partial charge in [-0.3, -0.25) is 15.0 Å². The first kappa shape index (κ1) is 16.7. The van der Waals surface area contributed by atoms with Crippen LogP contribution in [0.2, 0.25) is 0 Å². The molecule has 1 aliphatic heterocycles. The zero-order valence-corrected chi connectivity index (χ0v) is 12.8. The molecule has 7 heteroatoms. The summed E-state index contributed by atoms with van der Waals surface area (Å²) in [6, 6.07) is 6.16. The minimum Gasteiger partial charge on any atom is -0.484 e. The van der Waals surface area contributed by atoms with Gasteiger partial charge in [0.05, 0.1) is 17.1 Å². The number of nitrogens with zero attached hydrogens (tertiary/aromatic N) is 2. The molecule has 1 heterocycles. The predicted octanol–water partition coefficient (Wildman–Crippen LogP) is 1.44. The van der Waals surface area contributed by atoms with Crippen LogP contribution >= 0.6 is 0 Å². The number of aliphatic hydroxyl groups is 1. The summed E-state index contributed by atoms with van der Waals surface area (Å²) in [5, 5.41) is 21.0. The summed E-state index contributed by atoms with van der Waals surface area (Å²) in [5.74, 6) is 0.176. The maximum atomic E-state index is 10.9. The number of benzene rings is 1. The number of hydrogen-bond donors (Lipinski definition) is 1. The summed E-state index contributed by atoms with van der Waals surface area (Å²) < 4.78 is 11.0. The molecule has 0 aromatic heterocycles. The Morgan fingerprint density at radius 1 is 1.41 bits per heavy atom. The molecule has 0 radical (unpaired) electrons. The van der Waals surface area contributed by atoms with Crippen LogP contribution < -0.4 is 4.74 Å². The van der Waals surface area contributed by atoms with Crippen molar-refractivity contribution in [1.29, 1.82) is 0 Å². The largest absolute Gasteiger partial charge is 0.484 e. The lowest BCUT2D eigenvalue weighted by Gasteiger charge is -2.36. The van der Waals surface area contributed by atoms with Crippen LogP contribution in [0.5, 0.6) is 5.75 Å². The number of rotatable bonds is 6. The van der Waals surface area contributed by atoms with Gasteiger partial charge in [0.1, 0.15) is 12.7 Å². The lowest BCUT2D eigenvalue weighted by molar-refractivity contribution is -0.385. The van der Waals surface area contributed by atoms with Crippen molar-refractivity contribution in [3.63, 3.8) is 0 Å². The molecule has 1 aromatic carbocycles. The number of nitro benzene ring substituents is 1. The van der Waals surface area contributed by atoms with E-state index < -0.39 is 11.0 Å². The lowest BCUT2D eigenvalue weighted by Crippen LogP contribution is -2.48. The van der Waals surface area contributed by atoms with Crippen molar-refractivity contribution in [3.8, 4) is 5.75 Å². The first-order chi connectivity index (χ1) is 10.5. The number of ether oxygens (including phenoxy) is 2. The minimum atomic E-state index is -0.711. The third-order valence-electron chi connectivity index (χ3n) is 3.46. The Hall–Kier alpha value is -1.70. The minimum absolute atomic E-state index is 0.0188. The fraction of sp³-hybridized carbons (Fsp3) is 0.600. The van der Waals surface area contributed by atoms with Crippen molar-refractivity contribution in [2.75, 3.05) is 26.2 Å². The van der Waals surface area contributed by atoms with Gasteiger partial charge < -0.3 is 14.6 Å². The van der Waals surface area contributed by atoms with E-state index in [1.54, 1.807) is 12.1 Å². The van der Waals surface area contributed by atoms with Gasteiger partial charge in [0, 0.05) is 25.7 Å². The topological polar surface area (TPSA) is 85.1 Å². The summed E-state index contributed by atoms with van der Waals surface area (Å²) in [6.07, 6.45) is -0.448. The van der Waals surface area contributed by atoms with Crippen LogP contribution in [-0.4, -0.2) is 59.5 Å². The molecule has 1 fully saturated rings. The van der Waals surface area contributed by atoms with E-state index in [2.05, 4.69) is 4.90 Å². The molecule has 0 bridgehead atoms. The third-order valence-corrected chi connectivity index (χ3v) is 3.46. The second-order valence-electron chi connectivity index (χ2n) is 5.67. The van der Waals surface area contributed by atoms with Crippen LogP contribution in [0.1, 0.15) is 13.8 Å². The molecule has 7 nitrogen and oxygen atoms in total. The number of para-hydroxylation sites is 2. The molecule has 0 amide bonds. The van der Waals surface area contributed by atoms with Gasteiger partial charge in [0.25, 0.3) is 0 Å². The zero-order chi connectivity index (χ0) is 16.1. The Balaban J connectivity index is 1.85. The van der Waals surface area contributed by atoms with Gasteiger partial charge in [-0.25, -0.2) is 0 Å². The van der Waals surface area contributed by atoms with Gasteiger partial charge in [-0.05, 0) is 19.9 Å². The second-order valence-corrected chi connectivity index (χ2v) is 5.67. The van der Waals surface area contributed by atoms with E-state index in [1.807, 2.05) is 13.8 Å². The van der Waals surface area contributed by atoms with E-state index in [4.69, 9.17) is 9.47 Å². The van der Waals surface area contributed by atoms with Crippen LogP contribution in [-0.2, 0) is 4.74 Å². The summed E-state index contributed by atoms with van der Waals surface area (Å²) in [5.41, 5.74) is -0.0942. The van der Waals surface area contributed by atoms with E-state index in [0.717, 1.165) is 13.1 Å². The van der Waals surface area contributed by atoms with Crippen LogP contribution in [0.4, 0.5) is 5.69 Å². The van der Waals surface area contributed by atoms with Crippen LogP contribution in [0.15, 0.2) is 24.3 Å². The number of morpholine rings is 1. The van der Waals surface area contributed by atoms with Crippen molar-refractivity contribution < 1.29 is 19.5 Å². The highest BCUT2D eigenvalue weighted by Crippen LogP contribution is 2.25. The molecule has 0 aliphatic carbocycles. The molecule has 1 N–H and O–H groups in total. The molecule has 22 heavy (non-hydrogen) atoms. The highest BCUT2D eigenvalue weighted by Gasteiger charge is 2.24. The molecule has 1 aromatic rings. The molecule has 0 unspecified atom stereocenters. The van der Waals surface area contributed by atoms with Crippen LogP contribution in [0, 0.1) is 10.1 Å². The number of nitro groups is 1. The molecule has 3 atom stereocenters. The van der Waals surface area contributed by atoms with Crippen molar-refractivity contribution in [2.45, 2.75) is 32.2 Å². The molecule has 2 rings (SSSR count). The maximum absolute atomic E-state index is 10.9. The summed E-state index contributed by atoms with van der Waals surface area (Å²) >= 11 is 0. The predicted molar refractivity (Wildman–Crippen MR) is 81.0 cm³/mol. The molecule has 122 valence electrons. The Kier molecular flexibility index (Phi) is 5.70. The number of aliphatic hydroxyl groups excluding tert-OH is 1. The SMILES string of the molecule is C[C@@H]1CN(C[C@H](O)COc2ccccc2[N+](=O)[O-])C[C@@H](C)O1. The van der Waals surface area contributed by atoms with Crippen LogP contribution in [0.25, 0.3) is 0 Å². The van der Waals surface area contributed by atoms with E-state index >= 15 is 0 Å². The first-order valence-corrected chi connectivity index (χ1v) is 7.37. The Labute approximate surface area is 129 Å². The normalized spacial score (nSPS) is 24.0. The Bertz CT molecular complexity index is 500. The van der Waals surface area contributed by atoms with Crippen LogP contribution in [0.3, 0.4) is 0 Å². The fourth-order valence-corrected chi connectivity index (χ4v) is 2.70. The highest BCUT2D eigenvalue weighted by atomic mass is 16.6. The van der Waals surface area contributed by atoms with Gasteiger partial charge in [0.15, 0.2) is 5.75 Å². The monoisotopic (exact) mass is 310 g/mol. The van der Waals surface area contributed by atoms with Crippen molar-refractivity contribution in [2.24, 2.45) is 0 Å². The van der Waals surface area contributed by atoms with Crippen molar-refractivity contribution in [1.82, 2.24) is 4.90 Å². The fourth-order valence-electron chi connectivity index (χ4n) is 2.70. The average molecular weight is 310 g/mol. The molecule has 1 saturated heterocycles. The quantitative estimate of drug-likeness (QED) is 0.632. The first-order valence-electron chi connectivity index (χ1n) is 7.37. The molecular formula is C15H22N2O5. The van der Waals surface area contributed by atoms with Crippen molar-refractivity contribution >= 4 is 5.69 Å². The number of hydrogen-bond acceptors (Lipinski definition) is 6. The second kappa shape index (κ2) is 7.53. The molecule has 0 saturated carbocycles. The smallest absolute Gasteiger partial charge is 0.310 e. The van der Waals surface area contributed by atoms with E-state index in [9.17, 15) is 15.2 Å². The van der Waals surface area contributed by atoms with Gasteiger partial charge in [-0.2, -0.15) is 0 Å². The van der Waals surface area contributed by atoms with Gasteiger partial charge >= 0.3 is 5.69 Å². The standard InChI is InChI=1S/C15H22N2O5/c1-11-7-16(8-12(2)22-11)9-13(18)10-21-15-6-4-3-5-14(15)17(19)20/h3-6,11-13,18H,7-10H2,1-2H3/t11-,12-,13+/m1/s1. The van der Waals surface area contributed by atoms with E-state index in [0.29, 0.717) is 6.54 Å². The zero-order valence-electron chi connectivity index (χ0n) is 12.8. The number of β-amino-alcohol motifs (C(OH)–C–C–N with tert-alkyl or cyclic N) is 1.